The van der Waals surface area contributed by atoms with Gasteiger partial charge in [0.2, 0.25) is 0 Å². The summed E-state index contributed by atoms with van der Waals surface area (Å²) in [4.78, 5) is 19.4. The number of aromatic nitrogens is 1. The summed E-state index contributed by atoms with van der Waals surface area (Å²) in [7, 11) is 0. The molecule has 1 rings (SSSR count). The molecular formula is C7H9ClIN3O2. The molecule has 0 saturated heterocycles. The lowest BCUT2D eigenvalue weighted by Crippen LogP contribution is -3.00. The number of carbonyl (C=O) groups is 1. The van der Waals surface area contributed by atoms with Crippen LogP contribution in [0.1, 0.15) is 0 Å². The molecule has 0 unspecified atom stereocenters. The van der Waals surface area contributed by atoms with E-state index in [1.54, 1.807) is 12.3 Å². The van der Waals surface area contributed by atoms with Crippen molar-refractivity contribution in [3.8, 4) is 0 Å². The van der Waals surface area contributed by atoms with Gasteiger partial charge in [-0.25, -0.2) is 10.9 Å². The molecule has 4 N–H and O–H groups in total. The number of hydrogen-bond acceptors (Lipinski definition) is 3. The van der Waals surface area contributed by atoms with Crippen LogP contribution in [0.15, 0.2) is 18.3 Å². The first-order valence-corrected chi connectivity index (χ1v) is 4.58. The van der Waals surface area contributed by atoms with Gasteiger partial charge in [-0.2, -0.15) is 4.84 Å². The maximum atomic E-state index is 11.0. The Labute approximate surface area is 101 Å². The minimum absolute atomic E-state index is 0. The summed E-state index contributed by atoms with van der Waals surface area (Å²) in [5.41, 5.74) is 0. The zero-order chi connectivity index (χ0) is 9.68. The summed E-state index contributed by atoms with van der Waals surface area (Å²) < 4.78 is 1.02. The first kappa shape index (κ1) is 13.6. The molecule has 0 saturated carbocycles. The first-order chi connectivity index (χ1) is 6.22. The predicted octanol–water partition coefficient (Wildman–Crippen LogP) is -3.20. The van der Waals surface area contributed by atoms with Gasteiger partial charge in [-0.1, -0.05) is 0 Å². The second-order valence-corrected chi connectivity index (χ2v) is 3.50. The molecule has 1 heterocycles. The van der Waals surface area contributed by atoms with E-state index in [0.717, 1.165) is 3.57 Å². The number of carbonyl (C=O) groups excluding carboxylic acids is 1. The van der Waals surface area contributed by atoms with E-state index in [2.05, 4.69) is 43.6 Å². The Balaban J connectivity index is 0.00000169. The van der Waals surface area contributed by atoms with E-state index in [1.807, 2.05) is 6.07 Å². The molecule has 7 heteroatoms. The van der Waals surface area contributed by atoms with Crippen LogP contribution in [0.2, 0.25) is 0 Å². The lowest BCUT2D eigenvalue weighted by Gasteiger charge is -2.01. The van der Waals surface area contributed by atoms with Crippen LogP contribution in [0, 0.1) is 3.57 Å². The molecule has 0 fully saturated rings. The molecule has 14 heavy (non-hydrogen) atoms. The van der Waals surface area contributed by atoms with Crippen LogP contribution in [0.25, 0.3) is 0 Å². The minimum Gasteiger partial charge on any atom is -1.00 e. The zero-order valence-corrected chi connectivity index (χ0v) is 10.1. The van der Waals surface area contributed by atoms with E-state index < -0.39 is 0 Å². The van der Waals surface area contributed by atoms with Crippen LogP contribution in [-0.4, -0.2) is 17.5 Å². The highest BCUT2D eigenvalue weighted by Crippen LogP contribution is 2.06. The van der Waals surface area contributed by atoms with Crippen molar-refractivity contribution >= 4 is 34.3 Å². The molecule has 0 aliphatic carbocycles. The Morgan fingerprint density at radius 3 is 2.86 bits per heavy atom. The van der Waals surface area contributed by atoms with Crippen molar-refractivity contribution in [2.24, 2.45) is 0 Å². The highest BCUT2D eigenvalue weighted by molar-refractivity contribution is 14.1. The minimum atomic E-state index is -0.260. The number of amides is 1. The summed E-state index contributed by atoms with van der Waals surface area (Å²) in [5, 5.41) is 2.55. The first-order valence-electron chi connectivity index (χ1n) is 3.51. The third-order valence-corrected chi connectivity index (χ3v) is 1.87. The lowest BCUT2D eigenvalue weighted by molar-refractivity contribution is -0.685. The number of nitrogens with zero attached hydrogens (tertiary/aromatic N) is 1. The Morgan fingerprint density at radius 2 is 2.36 bits per heavy atom. The van der Waals surface area contributed by atoms with Gasteiger partial charge in [0.15, 0.2) is 6.61 Å². The second kappa shape index (κ2) is 6.93. The molecule has 1 amide bonds. The predicted molar refractivity (Wildman–Crippen MR) is 54.4 cm³/mol. The highest BCUT2D eigenvalue weighted by atomic mass is 127. The molecule has 0 spiro atoms. The number of nitrogens with one attached hydrogen (secondary N) is 1. The van der Waals surface area contributed by atoms with Crippen molar-refractivity contribution in [2.45, 2.75) is 0 Å². The van der Waals surface area contributed by atoms with E-state index in [0.29, 0.717) is 5.82 Å². The smallest absolute Gasteiger partial charge is 0.257 e. The van der Waals surface area contributed by atoms with Gasteiger partial charge < -0.3 is 17.7 Å². The molecule has 0 aliphatic rings. The van der Waals surface area contributed by atoms with Crippen molar-refractivity contribution in [2.75, 3.05) is 11.9 Å². The fourth-order valence-corrected chi connectivity index (χ4v) is 1.04. The summed E-state index contributed by atoms with van der Waals surface area (Å²) in [6.45, 7) is -0.0618. The van der Waals surface area contributed by atoms with E-state index in [-0.39, 0.29) is 24.9 Å². The zero-order valence-electron chi connectivity index (χ0n) is 7.17. The van der Waals surface area contributed by atoms with Gasteiger partial charge in [0, 0.05) is 9.77 Å². The highest BCUT2D eigenvalue weighted by Gasteiger charge is 2.02. The van der Waals surface area contributed by atoms with Crippen molar-refractivity contribution < 1.29 is 27.9 Å². The van der Waals surface area contributed by atoms with Gasteiger partial charge in [-0.3, -0.25) is 4.79 Å². The Morgan fingerprint density at radius 1 is 1.64 bits per heavy atom. The van der Waals surface area contributed by atoms with Gasteiger partial charge in [-0.15, -0.1) is 0 Å². The Kier molecular flexibility index (Phi) is 6.71. The monoisotopic (exact) mass is 329 g/mol. The summed E-state index contributed by atoms with van der Waals surface area (Å²) in [6.07, 6.45) is 1.67. The Hall–Kier alpha value is -0.440. The van der Waals surface area contributed by atoms with E-state index in [1.165, 1.54) is 0 Å². The number of halogens is 2. The SMILES string of the molecule is [Cl-].[NH3+]OCC(=O)Nc1ccc(I)cn1. The van der Waals surface area contributed by atoms with Crippen LogP contribution in [-0.2, 0) is 9.63 Å². The third kappa shape index (κ3) is 4.70. The van der Waals surface area contributed by atoms with E-state index >= 15 is 0 Å². The van der Waals surface area contributed by atoms with Crippen LogP contribution < -0.4 is 23.6 Å². The van der Waals surface area contributed by atoms with E-state index in [4.69, 9.17) is 0 Å². The maximum absolute atomic E-state index is 11.0. The normalized spacial score (nSPS) is 9.00. The van der Waals surface area contributed by atoms with Crippen LogP contribution in [0.3, 0.4) is 0 Å². The average Bonchev–Trinajstić information content (AvgIpc) is 2.09. The molecule has 1 aromatic heterocycles. The van der Waals surface area contributed by atoms with Gasteiger partial charge >= 0.3 is 0 Å². The molecule has 78 valence electrons. The average molecular weight is 330 g/mol. The molecule has 5 nitrogen and oxygen atoms in total. The van der Waals surface area contributed by atoms with Gasteiger partial charge in [-0.05, 0) is 34.7 Å². The standard InChI is InChI=1S/C7H8IN3O2.ClH/c8-5-1-2-6(10-3-5)11-7(12)4-13-9;/h1-3H,4H2,9H3;1H. The van der Waals surface area contributed by atoms with Crippen molar-refractivity contribution in [1.82, 2.24) is 4.98 Å². The molecule has 0 aliphatic heterocycles. The fourth-order valence-electron chi connectivity index (χ4n) is 0.721. The molecule has 0 radical (unpaired) electrons. The molecule has 1 aromatic rings. The molecule has 0 bridgehead atoms. The third-order valence-electron chi connectivity index (χ3n) is 1.23. The number of quaternary nitrogens is 1. The van der Waals surface area contributed by atoms with Crippen molar-refractivity contribution in [3.63, 3.8) is 0 Å². The van der Waals surface area contributed by atoms with Crippen molar-refractivity contribution in [1.29, 1.82) is 0 Å². The number of hydrogen-bond donors (Lipinski definition) is 2. The molecule has 0 aromatic carbocycles. The summed E-state index contributed by atoms with van der Waals surface area (Å²) in [5.74, 6) is 3.35. The molecule has 0 atom stereocenters. The lowest BCUT2D eigenvalue weighted by atomic mass is 10.4. The number of rotatable bonds is 3. The van der Waals surface area contributed by atoms with Crippen LogP contribution in [0.4, 0.5) is 5.82 Å². The van der Waals surface area contributed by atoms with E-state index in [9.17, 15) is 4.79 Å². The van der Waals surface area contributed by atoms with Crippen LogP contribution >= 0.6 is 22.6 Å². The number of anilines is 1. The quantitative estimate of drug-likeness (QED) is 0.453. The van der Waals surface area contributed by atoms with Crippen LogP contribution in [0.5, 0.6) is 0 Å². The summed E-state index contributed by atoms with van der Waals surface area (Å²) in [6, 6.07) is 3.58. The van der Waals surface area contributed by atoms with Crippen molar-refractivity contribution in [3.05, 3.63) is 21.9 Å². The Bertz CT molecular complexity index is 293. The summed E-state index contributed by atoms with van der Waals surface area (Å²) >= 11 is 2.14. The fraction of sp³-hybridized carbons (Fsp3) is 0.143. The topological polar surface area (TPSA) is 78.9 Å². The maximum Gasteiger partial charge on any atom is 0.257 e. The van der Waals surface area contributed by atoms with Gasteiger partial charge in [0.05, 0.1) is 0 Å². The van der Waals surface area contributed by atoms with Gasteiger partial charge in [0.25, 0.3) is 5.91 Å². The number of pyridine rings is 1. The molecular weight excluding hydrogens is 320 g/mol. The van der Waals surface area contributed by atoms with Gasteiger partial charge in [0.1, 0.15) is 5.82 Å². The second-order valence-electron chi connectivity index (χ2n) is 2.26. The largest absolute Gasteiger partial charge is 1.00 e.